The van der Waals surface area contributed by atoms with Gasteiger partial charge in [-0.1, -0.05) is 57.9 Å². The van der Waals surface area contributed by atoms with Crippen molar-refractivity contribution >= 4 is 5.97 Å². The lowest BCUT2D eigenvalue weighted by Gasteiger charge is -2.47. The van der Waals surface area contributed by atoms with Crippen LogP contribution in [0.5, 0.6) is 0 Å². The van der Waals surface area contributed by atoms with Gasteiger partial charge < -0.3 is 9.84 Å². The first kappa shape index (κ1) is 17.0. The van der Waals surface area contributed by atoms with E-state index in [1.807, 2.05) is 32.9 Å². The van der Waals surface area contributed by atoms with Gasteiger partial charge in [0.15, 0.2) is 0 Å². The zero-order valence-electron chi connectivity index (χ0n) is 13.4. The minimum absolute atomic E-state index is 0.00454. The van der Waals surface area contributed by atoms with E-state index in [1.165, 1.54) is 5.57 Å². The smallest absolute Gasteiger partial charge is 0.314 e. The molecule has 1 rings (SSSR count). The number of hydrogen-bond acceptors (Lipinski definition) is 2. The molecule has 0 aliphatic heterocycles. The first-order valence-corrected chi connectivity index (χ1v) is 7.41. The first-order valence-electron chi connectivity index (χ1n) is 7.41. The van der Waals surface area contributed by atoms with Crippen LogP contribution in [0.25, 0.3) is 0 Å². The second-order valence-electron chi connectivity index (χ2n) is 6.61. The molecule has 1 aliphatic rings. The number of allylic oxidation sites excluding steroid dienone is 3. The maximum atomic E-state index is 12.1. The van der Waals surface area contributed by atoms with Gasteiger partial charge in [-0.2, -0.15) is 0 Å². The fourth-order valence-electron chi connectivity index (χ4n) is 3.36. The number of carboxylic acids is 1. The van der Waals surface area contributed by atoms with Gasteiger partial charge >= 0.3 is 5.97 Å². The minimum atomic E-state index is -0.856. The molecule has 3 heteroatoms. The molecular weight excluding hydrogens is 252 g/mol. The van der Waals surface area contributed by atoms with Crippen molar-refractivity contribution in [1.82, 2.24) is 0 Å². The minimum Gasteiger partial charge on any atom is -0.481 e. The van der Waals surface area contributed by atoms with Gasteiger partial charge in [0.2, 0.25) is 0 Å². The normalized spacial score (nSPS) is 26.4. The molecule has 0 amide bonds. The molecule has 0 bridgehead atoms. The van der Waals surface area contributed by atoms with Crippen LogP contribution < -0.4 is 0 Å². The molecule has 0 spiro atoms. The summed E-state index contributed by atoms with van der Waals surface area (Å²) in [5, 5.41) is 9.96. The summed E-state index contributed by atoms with van der Waals surface area (Å²) in [5.41, 5.74) is 0.0376. The van der Waals surface area contributed by atoms with Crippen LogP contribution in [-0.2, 0) is 9.53 Å². The highest BCUT2D eigenvalue weighted by molar-refractivity contribution is 5.80. The zero-order chi connectivity index (χ0) is 15.4. The highest BCUT2D eigenvalue weighted by Crippen LogP contribution is 2.52. The Kier molecular flexibility index (Phi) is 5.58. The van der Waals surface area contributed by atoms with Crippen molar-refractivity contribution in [2.45, 2.75) is 47.0 Å². The Morgan fingerprint density at radius 1 is 1.45 bits per heavy atom. The lowest BCUT2D eigenvalue weighted by atomic mass is 9.55. The van der Waals surface area contributed by atoms with E-state index < -0.39 is 11.4 Å². The predicted octanol–water partition coefficient (Wildman–Crippen LogP) is 4.05. The van der Waals surface area contributed by atoms with Gasteiger partial charge in [-0.15, -0.1) is 0 Å². The van der Waals surface area contributed by atoms with Gasteiger partial charge in [0.1, 0.15) is 0 Å². The van der Waals surface area contributed by atoms with Gasteiger partial charge in [-0.05, 0) is 18.3 Å². The summed E-state index contributed by atoms with van der Waals surface area (Å²) in [6.07, 6.45) is 8.63. The molecule has 1 aliphatic carbocycles. The van der Waals surface area contributed by atoms with E-state index in [9.17, 15) is 9.90 Å². The second kappa shape index (κ2) is 6.57. The molecule has 2 unspecified atom stereocenters. The van der Waals surface area contributed by atoms with Crippen molar-refractivity contribution in [3.63, 3.8) is 0 Å². The van der Waals surface area contributed by atoms with Crippen molar-refractivity contribution in [3.05, 3.63) is 23.8 Å². The molecule has 0 saturated carbocycles. The fourth-order valence-corrected chi connectivity index (χ4v) is 3.36. The van der Waals surface area contributed by atoms with Gasteiger partial charge in [-0.3, -0.25) is 4.79 Å². The summed E-state index contributed by atoms with van der Waals surface area (Å²) >= 11 is 0. The van der Waals surface area contributed by atoms with Crippen LogP contribution in [0.3, 0.4) is 0 Å². The molecule has 114 valence electrons. The van der Waals surface area contributed by atoms with E-state index in [0.717, 1.165) is 19.3 Å². The fraction of sp³-hybridized carbons (Fsp3) is 0.706. The third-order valence-corrected chi connectivity index (χ3v) is 4.41. The Labute approximate surface area is 122 Å². The Morgan fingerprint density at radius 3 is 2.55 bits per heavy atom. The summed E-state index contributed by atoms with van der Waals surface area (Å²) in [4.78, 5) is 12.1. The maximum Gasteiger partial charge on any atom is 0.314 e. The summed E-state index contributed by atoms with van der Waals surface area (Å²) in [6.45, 7) is 8.76. The van der Waals surface area contributed by atoms with E-state index in [1.54, 1.807) is 7.11 Å². The highest BCUT2D eigenvalue weighted by Gasteiger charge is 2.53. The second-order valence-corrected chi connectivity index (χ2v) is 6.61. The molecule has 0 aromatic heterocycles. The van der Waals surface area contributed by atoms with Crippen LogP contribution in [0.2, 0.25) is 0 Å². The quantitative estimate of drug-likeness (QED) is 0.798. The highest BCUT2D eigenvalue weighted by atomic mass is 16.5. The molecule has 0 heterocycles. The summed E-state index contributed by atoms with van der Waals surface area (Å²) in [5.74, 6) is -0.728. The molecule has 2 atom stereocenters. The molecule has 0 radical (unpaired) electrons. The standard InChI is InChI=1S/C17H28O3/c1-6-8-13-9-7-11-17(15(18)19,16(2,3)4)14(13)10-12-20-5/h7,9,11,14H,6,8,10,12H2,1-5H3,(H,18,19). The van der Waals surface area contributed by atoms with Gasteiger partial charge in [0, 0.05) is 19.6 Å². The molecule has 0 aromatic carbocycles. The van der Waals surface area contributed by atoms with Crippen molar-refractivity contribution in [2.24, 2.45) is 16.7 Å². The molecule has 0 saturated heterocycles. The molecule has 0 aromatic rings. The van der Waals surface area contributed by atoms with E-state index in [0.29, 0.717) is 6.61 Å². The van der Waals surface area contributed by atoms with Crippen molar-refractivity contribution in [1.29, 1.82) is 0 Å². The van der Waals surface area contributed by atoms with Crippen molar-refractivity contribution in [2.75, 3.05) is 13.7 Å². The van der Waals surface area contributed by atoms with E-state index >= 15 is 0 Å². The Bertz CT molecular complexity index is 401. The Balaban J connectivity index is 3.29. The Hall–Kier alpha value is -1.09. The number of hydrogen-bond donors (Lipinski definition) is 1. The molecule has 1 N–H and O–H groups in total. The van der Waals surface area contributed by atoms with Crippen LogP contribution in [0.1, 0.15) is 47.0 Å². The third-order valence-electron chi connectivity index (χ3n) is 4.41. The van der Waals surface area contributed by atoms with E-state index in [-0.39, 0.29) is 11.3 Å². The molecule has 20 heavy (non-hydrogen) atoms. The van der Waals surface area contributed by atoms with Crippen molar-refractivity contribution < 1.29 is 14.6 Å². The summed E-state index contributed by atoms with van der Waals surface area (Å²) in [6, 6.07) is 0. The number of rotatable bonds is 6. The number of carbonyl (C=O) groups is 1. The van der Waals surface area contributed by atoms with Gasteiger partial charge in [-0.25, -0.2) is 0 Å². The lowest BCUT2D eigenvalue weighted by Crippen LogP contribution is -2.49. The molecular formula is C17H28O3. The van der Waals surface area contributed by atoms with Crippen molar-refractivity contribution in [3.8, 4) is 0 Å². The molecule has 3 nitrogen and oxygen atoms in total. The number of methoxy groups -OCH3 is 1. The van der Waals surface area contributed by atoms with Gasteiger partial charge in [0.25, 0.3) is 0 Å². The van der Waals surface area contributed by atoms with Crippen LogP contribution in [0, 0.1) is 16.7 Å². The lowest BCUT2D eigenvalue weighted by molar-refractivity contribution is -0.156. The molecule has 0 fully saturated rings. The average Bonchev–Trinajstić information content (AvgIpc) is 2.35. The average molecular weight is 280 g/mol. The van der Waals surface area contributed by atoms with Crippen LogP contribution in [0.15, 0.2) is 23.8 Å². The van der Waals surface area contributed by atoms with E-state index in [2.05, 4.69) is 13.0 Å². The monoisotopic (exact) mass is 280 g/mol. The van der Waals surface area contributed by atoms with Crippen LogP contribution >= 0.6 is 0 Å². The number of aliphatic carboxylic acids is 1. The van der Waals surface area contributed by atoms with E-state index in [4.69, 9.17) is 4.74 Å². The number of carboxylic acid groups (broad SMARTS) is 1. The topological polar surface area (TPSA) is 46.5 Å². The zero-order valence-corrected chi connectivity index (χ0v) is 13.4. The summed E-state index contributed by atoms with van der Waals surface area (Å²) in [7, 11) is 1.67. The maximum absolute atomic E-state index is 12.1. The third kappa shape index (κ3) is 2.98. The van der Waals surface area contributed by atoms with Crippen LogP contribution in [0.4, 0.5) is 0 Å². The Morgan fingerprint density at radius 2 is 2.10 bits per heavy atom. The SMILES string of the molecule is CCCC1=CC=CC(C(=O)O)(C(C)(C)C)C1CCOC. The van der Waals surface area contributed by atoms with Crippen LogP contribution in [-0.4, -0.2) is 24.8 Å². The first-order chi connectivity index (χ1) is 9.31. The van der Waals surface area contributed by atoms with Gasteiger partial charge in [0.05, 0.1) is 5.41 Å². The predicted molar refractivity (Wildman–Crippen MR) is 81.6 cm³/mol. The summed E-state index contributed by atoms with van der Waals surface area (Å²) < 4.78 is 5.21. The number of ether oxygens (including phenoxy) is 1. The largest absolute Gasteiger partial charge is 0.481 e.